The summed E-state index contributed by atoms with van der Waals surface area (Å²) in [5.74, 6) is -1.52. The molecule has 0 rings (SSSR count). The molecule has 0 aromatic carbocycles. The maximum atomic E-state index is 11.6. The normalized spacial score (nSPS) is 11.9. The van der Waals surface area contributed by atoms with Crippen LogP contribution in [0.1, 0.15) is 27.7 Å². The number of carbonyl (C=O) groups excluding carboxylic acids is 2. The third kappa shape index (κ3) is 6.09. The van der Waals surface area contributed by atoms with E-state index in [2.05, 4.69) is 16.0 Å². The summed E-state index contributed by atoms with van der Waals surface area (Å²) in [6.45, 7) is 6.98. The average Bonchev–Trinajstić information content (AvgIpc) is 2.36. The van der Waals surface area contributed by atoms with Crippen molar-refractivity contribution in [3.8, 4) is 0 Å². The van der Waals surface area contributed by atoms with Crippen LogP contribution in [0.5, 0.6) is 0 Å². The molecule has 0 aliphatic rings. The Labute approximate surface area is 124 Å². The largest absolute Gasteiger partial charge is 0.481 e. The molecule has 0 aliphatic carbocycles. The lowest BCUT2D eigenvalue weighted by Gasteiger charge is -2.38. The SMILES string of the molecule is COCCNC(=O)NC(=O)CNC(C)(C)C(C)(C)C(=O)O. The lowest BCUT2D eigenvalue weighted by Crippen LogP contribution is -2.57. The van der Waals surface area contributed by atoms with Crippen molar-refractivity contribution in [2.75, 3.05) is 26.8 Å². The van der Waals surface area contributed by atoms with Crippen LogP contribution in [0.3, 0.4) is 0 Å². The van der Waals surface area contributed by atoms with Gasteiger partial charge in [-0.15, -0.1) is 0 Å². The summed E-state index contributed by atoms with van der Waals surface area (Å²) in [7, 11) is 1.50. The molecule has 122 valence electrons. The zero-order valence-corrected chi connectivity index (χ0v) is 13.2. The number of carboxylic acids is 1. The number of amides is 3. The van der Waals surface area contributed by atoms with Crippen molar-refractivity contribution in [1.29, 1.82) is 0 Å². The summed E-state index contributed by atoms with van der Waals surface area (Å²) in [4.78, 5) is 34.2. The zero-order valence-electron chi connectivity index (χ0n) is 13.2. The molecule has 0 atom stereocenters. The van der Waals surface area contributed by atoms with E-state index in [0.717, 1.165) is 0 Å². The van der Waals surface area contributed by atoms with Gasteiger partial charge in [0.05, 0.1) is 18.6 Å². The van der Waals surface area contributed by atoms with Crippen LogP contribution >= 0.6 is 0 Å². The van der Waals surface area contributed by atoms with Gasteiger partial charge < -0.3 is 20.5 Å². The van der Waals surface area contributed by atoms with Gasteiger partial charge in [-0.05, 0) is 27.7 Å². The van der Waals surface area contributed by atoms with Crippen molar-refractivity contribution in [2.45, 2.75) is 33.2 Å². The zero-order chi connectivity index (χ0) is 16.7. The second-order valence-electron chi connectivity index (χ2n) is 5.71. The van der Waals surface area contributed by atoms with Crippen LogP contribution in [0.15, 0.2) is 0 Å². The molecule has 21 heavy (non-hydrogen) atoms. The number of nitrogens with one attached hydrogen (secondary N) is 3. The second kappa shape index (κ2) is 7.94. The first-order valence-corrected chi connectivity index (χ1v) is 6.59. The van der Waals surface area contributed by atoms with Gasteiger partial charge >= 0.3 is 12.0 Å². The molecule has 0 fully saturated rings. The molecular weight excluding hydrogens is 278 g/mol. The molecular formula is C13H25N3O5. The molecule has 0 heterocycles. The number of imide groups is 1. The van der Waals surface area contributed by atoms with E-state index in [1.54, 1.807) is 27.7 Å². The quantitative estimate of drug-likeness (QED) is 0.467. The maximum Gasteiger partial charge on any atom is 0.321 e. The van der Waals surface area contributed by atoms with E-state index in [9.17, 15) is 19.5 Å². The molecule has 0 bridgehead atoms. The van der Waals surface area contributed by atoms with E-state index in [-0.39, 0.29) is 6.54 Å². The third-order valence-electron chi connectivity index (χ3n) is 3.63. The van der Waals surface area contributed by atoms with Gasteiger partial charge in [0.25, 0.3) is 0 Å². The van der Waals surface area contributed by atoms with Crippen molar-refractivity contribution in [3.63, 3.8) is 0 Å². The molecule has 0 spiro atoms. The minimum absolute atomic E-state index is 0.165. The number of carbonyl (C=O) groups is 3. The maximum absolute atomic E-state index is 11.6. The fourth-order valence-electron chi connectivity index (χ4n) is 1.27. The van der Waals surface area contributed by atoms with Gasteiger partial charge in [-0.1, -0.05) is 0 Å². The van der Waals surface area contributed by atoms with Crippen molar-refractivity contribution in [2.24, 2.45) is 5.41 Å². The van der Waals surface area contributed by atoms with Crippen molar-refractivity contribution in [3.05, 3.63) is 0 Å². The molecule has 0 saturated heterocycles. The number of methoxy groups -OCH3 is 1. The Morgan fingerprint density at radius 1 is 1.14 bits per heavy atom. The van der Waals surface area contributed by atoms with E-state index in [4.69, 9.17) is 4.74 Å². The predicted octanol–water partition coefficient (Wildman–Crippen LogP) is -0.0624. The Kier molecular flexibility index (Phi) is 7.31. The molecule has 0 saturated carbocycles. The monoisotopic (exact) mass is 303 g/mol. The summed E-state index contributed by atoms with van der Waals surface area (Å²) in [6, 6.07) is -0.617. The first kappa shape index (κ1) is 19.3. The lowest BCUT2D eigenvalue weighted by atomic mass is 9.74. The van der Waals surface area contributed by atoms with E-state index >= 15 is 0 Å². The molecule has 0 unspecified atom stereocenters. The number of hydrogen-bond donors (Lipinski definition) is 4. The smallest absolute Gasteiger partial charge is 0.321 e. The minimum Gasteiger partial charge on any atom is -0.481 e. The van der Waals surface area contributed by atoms with Gasteiger partial charge in [-0.2, -0.15) is 0 Å². The van der Waals surface area contributed by atoms with Crippen LogP contribution in [0.2, 0.25) is 0 Å². The molecule has 8 heteroatoms. The lowest BCUT2D eigenvalue weighted by molar-refractivity contribution is -0.151. The molecule has 3 amide bonds. The highest BCUT2D eigenvalue weighted by Gasteiger charge is 2.43. The molecule has 4 N–H and O–H groups in total. The Morgan fingerprint density at radius 3 is 2.19 bits per heavy atom. The first-order valence-electron chi connectivity index (χ1n) is 6.59. The number of carboxylic acid groups (broad SMARTS) is 1. The predicted molar refractivity (Wildman–Crippen MR) is 76.9 cm³/mol. The van der Waals surface area contributed by atoms with E-state index in [1.807, 2.05) is 0 Å². The average molecular weight is 303 g/mol. The highest BCUT2D eigenvalue weighted by atomic mass is 16.5. The van der Waals surface area contributed by atoms with Crippen molar-refractivity contribution < 1.29 is 24.2 Å². The highest BCUT2D eigenvalue weighted by Crippen LogP contribution is 2.30. The fraction of sp³-hybridized carbons (Fsp3) is 0.769. The van der Waals surface area contributed by atoms with Crippen molar-refractivity contribution in [1.82, 2.24) is 16.0 Å². The third-order valence-corrected chi connectivity index (χ3v) is 3.63. The topological polar surface area (TPSA) is 117 Å². The van der Waals surface area contributed by atoms with Gasteiger partial charge in [0.15, 0.2) is 0 Å². The van der Waals surface area contributed by atoms with Gasteiger partial charge in [0.1, 0.15) is 0 Å². The number of urea groups is 1. The Bertz CT molecular complexity index is 393. The number of rotatable bonds is 8. The molecule has 0 radical (unpaired) electrons. The molecule has 0 aromatic rings. The van der Waals surface area contributed by atoms with Crippen LogP contribution < -0.4 is 16.0 Å². The summed E-state index contributed by atoms with van der Waals surface area (Å²) in [5.41, 5.74) is -1.91. The van der Waals surface area contributed by atoms with Gasteiger partial charge in [0.2, 0.25) is 5.91 Å². The Hall–Kier alpha value is -1.67. The van der Waals surface area contributed by atoms with Gasteiger partial charge in [-0.25, -0.2) is 4.79 Å². The van der Waals surface area contributed by atoms with Gasteiger partial charge in [-0.3, -0.25) is 14.9 Å². The summed E-state index contributed by atoms with van der Waals surface area (Å²) in [5, 5.41) is 16.6. The molecule has 8 nitrogen and oxygen atoms in total. The van der Waals surface area contributed by atoms with Gasteiger partial charge in [0, 0.05) is 19.2 Å². The van der Waals surface area contributed by atoms with Crippen LogP contribution in [-0.2, 0) is 14.3 Å². The number of aliphatic carboxylic acids is 1. The fourth-order valence-corrected chi connectivity index (χ4v) is 1.27. The standard InChI is InChI=1S/C13H25N3O5/c1-12(2,10(18)19)13(3,4)15-8-9(17)16-11(20)14-6-7-21-5/h15H,6-8H2,1-5H3,(H,18,19)(H2,14,16,17,20). The Morgan fingerprint density at radius 2 is 1.71 bits per heavy atom. The Balaban J connectivity index is 4.30. The number of ether oxygens (including phenoxy) is 1. The first-order chi connectivity index (χ1) is 9.54. The van der Waals surface area contributed by atoms with E-state index in [1.165, 1.54) is 7.11 Å². The molecule has 0 aromatic heterocycles. The summed E-state index contributed by atoms with van der Waals surface area (Å²) < 4.78 is 4.75. The van der Waals surface area contributed by atoms with E-state index in [0.29, 0.717) is 13.2 Å². The summed E-state index contributed by atoms with van der Waals surface area (Å²) in [6.07, 6.45) is 0. The summed E-state index contributed by atoms with van der Waals surface area (Å²) >= 11 is 0. The van der Waals surface area contributed by atoms with Crippen molar-refractivity contribution >= 4 is 17.9 Å². The van der Waals surface area contributed by atoms with Crippen LogP contribution in [0.4, 0.5) is 4.79 Å². The van der Waals surface area contributed by atoms with E-state index < -0.39 is 28.9 Å². The second-order valence-corrected chi connectivity index (χ2v) is 5.71. The van der Waals surface area contributed by atoms with Crippen LogP contribution in [0.25, 0.3) is 0 Å². The van der Waals surface area contributed by atoms with Crippen LogP contribution in [0, 0.1) is 5.41 Å². The van der Waals surface area contributed by atoms with Crippen LogP contribution in [-0.4, -0.2) is 55.4 Å². The number of hydrogen-bond acceptors (Lipinski definition) is 5. The minimum atomic E-state index is -1.08. The highest BCUT2D eigenvalue weighted by molar-refractivity contribution is 5.95. The molecule has 0 aliphatic heterocycles.